The summed E-state index contributed by atoms with van der Waals surface area (Å²) in [6, 6.07) is 8.05. The van der Waals surface area contributed by atoms with Gasteiger partial charge in [0.1, 0.15) is 0 Å². The number of allylic oxidation sites excluding steroid dienone is 4. The molecule has 1 aliphatic carbocycles. The van der Waals surface area contributed by atoms with Gasteiger partial charge in [-0.1, -0.05) is 48.9 Å². The third-order valence-electron chi connectivity index (χ3n) is 2.44. The Hall–Kier alpha value is -1.01. The molecule has 1 aromatic rings. The number of hydrogen-bond donors (Lipinski definition) is 0. The third kappa shape index (κ3) is 2.08. The van der Waals surface area contributed by atoms with E-state index in [4.69, 9.17) is 11.6 Å². The first-order valence-corrected chi connectivity index (χ1v) is 5.27. The van der Waals surface area contributed by atoms with E-state index in [-0.39, 0.29) is 0 Å². The minimum absolute atomic E-state index is 0.540. The van der Waals surface area contributed by atoms with Crippen LogP contribution in [0.15, 0.2) is 42.5 Å². The fraction of sp³-hybridized carbons (Fsp3) is 0.231. The van der Waals surface area contributed by atoms with Gasteiger partial charge in [0.05, 0.1) is 0 Å². The van der Waals surface area contributed by atoms with Crippen molar-refractivity contribution in [2.75, 3.05) is 0 Å². The van der Waals surface area contributed by atoms with Crippen LogP contribution in [-0.2, 0) is 0 Å². The van der Waals surface area contributed by atoms with Crippen LogP contribution in [0.2, 0.25) is 5.02 Å². The summed E-state index contributed by atoms with van der Waals surface area (Å²) in [7, 11) is 0. The largest absolute Gasteiger partial charge is 0.0843 e. The molecule has 1 atom stereocenters. The molecule has 0 N–H and O–H groups in total. The molecule has 2 rings (SSSR count). The van der Waals surface area contributed by atoms with Crippen molar-refractivity contribution in [3.63, 3.8) is 0 Å². The zero-order valence-corrected chi connectivity index (χ0v) is 8.96. The highest BCUT2D eigenvalue weighted by Crippen LogP contribution is 2.26. The summed E-state index contributed by atoms with van der Waals surface area (Å²) >= 11 is 5.96. The summed E-state index contributed by atoms with van der Waals surface area (Å²) in [6.45, 7) is 2.19. The summed E-state index contributed by atoms with van der Waals surface area (Å²) < 4.78 is 0. The second kappa shape index (κ2) is 4.02. The van der Waals surface area contributed by atoms with Crippen LogP contribution in [0.3, 0.4) is 0 Å². The number of benzene rings is 1. The second-order valence-corrected chi connectivity index (χ2v) is 4.13. The summed E-state index contributed by atoms with van der Waals surface area (Å²) in [5.74, 6) is 0.540. The molecular weight excluding hydrogens is 192 g/mol. The molecule has 1 aliphatic rings. The SMILES string of the molecule is CC1C=CCC(c2cccc(Cl)c2)=C1. The summed E-state index contributed by atoms with van der Waals surface area (Å²) in [5, 5.41) is 0.811. The Labute approximate surface area is 89.9 Å². The second-order valence-electron chi connectivity index (χ2n) is 3.69. The zero-order chi connectivity index (χ0) is 9.97. The molecule has 1 unspecified atom stereocenters. The fourth-order valence-corrected chi connectivity index (χ4v) is 1.94. The lowest BCUT2D eigenvalue weighted by atomic mass is 9.93. The van der Waals surface area contributed by atoms with Gasteiger partial charge in [-0.25, -0.2) is 0 Å². The van der Waals surface area contributed by atoms with Crippen molar-refractivity contribution in [3.8, 4) is 0 Å². The standard InChI is InChI=1S/C13H13Cl/c1-10-4-2-5-11(8-10)12-6-3-7-13(14)9-12/h2-4,6-10H,5H2,1H3. The van der Waals surface area contributed by atoms with Gasteiger partial charge in [0.25, 0.3) is 0 Å². The highest BCUT2D eigenvalue weighted by atomic mass is 35.5. The van der Waals surface area contributed by atoms with Gasteiger partial charge in [0.15, 0.2) is 0 Å². The molecule has 0 saturated carbocycles. The quantitative estimate of drug-likeness (QED) is 0.598. The van der Waals surface area contributed by atoms with Crippen LogP contribution in [0.5, 0.6) is 0 Å². The molecule has 0 radical (unpaired) electrons. The Morgan fingerprint density at radius 2 is 2.21 bits per heavy atom. The maximum Gasteiger partial charge on any atom is 0.0412 e. The molecule has 0 aliphatic heterocycles. The van der Waals surface area contributed by atoms with Gasteiger partial charge in [-0.05, 0) is 35.6 Å². The monoisotopic (exact) mass is 204 g/mol. The maximum atomic E-state index is 5.96. The van der Waals surface area contributed by atoms with Crippen LogP contribution in [0, 0.1) is 5.92 Å². The van der Waals surface area contributed by atoms with Crippen molar-refractivity contribution < 1.29 is 0 Å². The number of hydrogen-bond acceptors (Lipinski definition) is 0. The molecule has 0 aromatic heterocycles. The molecule has 0 fully saturated rings. The minimum atomic E-state index is 0.540. The Morgan fingerprint density at radius 3 is 2.93 bits per heavy atom. The summed E-state index contributed by atoms with van der Waals surface area (Å²) in [4.78, 5) is 0. The average Bonchev–Trinajstić information content (AvgIpc) is 2.18. The lowest BCUT2D eigenvalue weighted by molar-refractivity contribution is 0.917. The first-order chi connectivity index (χ1) is 6.75. The van der Waals surface area contributed by atoms with Crippen molar-refractivity contribution in [1.29, 1.82) is 0 Å². The van der Waals surface area contributed by atoms with E-state index in [2.05, 4.69) is 31.2 Å². The molecule has 0 spiro atoms. The van der Waals surface area contributed by atoms with Gasteiger partial charge in [-0.15, -0.1) is 0 Å². The van der Waals surface area contributed by atoms with Crippen molar-refractivity contribution in [3.05, 3.63) is 53.1 Å². The Bertz CT molecular complexity index is 388. The first-order valence-electron chi connectivity index (χ1n) is 4.89. The fourth-order valence-electron chi connectivity index (χ4n) is 1.75. The summed E-state index contributed by atoms with van der Waals surface area (Å²) in [6.07, 6.45) is 7.77. The lowest BCUT2D eigenvalue weighted by Gasteiger charge is -2.12. The van der Waals surface area contributed by atoms with Crippen LogP contribution < -0.4 is 0 Å². The number of halogens is 1. The van der Waals surface area contributed by atoms with E-state index in [1.165, 1.54) is 11.1 Å². The molecule has 0 heterocycles. The molecule has 0 amide bonds. The highest BCUT2D eigenvalue weighted by Gasteiger charge is 2.06. The summed E-state index contributed by atoms with van der Waals surface area (Å²) in [5.41, 5.74) is 2.62. The van der Waals surface area contributed by atoms with E-state index in [9.17, 15) is 0 Å². The van der Waals surface area contributed by atoms with Gasteiger partial charge >= 0.3 is 0 Å². The van der Waals surface area contributed by atoms with Gasteiger partial charge in [0, 0.05) is 5.02 Å². The van der Waals surface area contributed by atoms with Gasteiger partial charge in [-0.3, -0.25) is 0 Å². The van der Waals surface area contributed by atoms with E-state index in [0.29, 0.717) is 5.92 Å². The third-order valence-corrected chi connectivity index (χ3v) is 2.67. The van der Waals surface area contributed by atoms with Crippen LogP contribution in [0.25, 0.3) is 5.57 Å². The van der Waals surface area contributed by atoms with Gasteiger partial charge in [-0.2, -0.15) is 0 Å². The molecule has 1 heteroatoms. The normalized spacial score (nSPS) is 20.7. The van der Waals surface area contributed by atoms with Crippen molar-refractivity contribution in [2.24, 2.45) is 5.92 Å². The molecular formula is C13H13Cl. The maximum absolute atomic E-state index is 5.96. The predicted octanol–water partition coefficient (Wildman–Crippen LogP) is 4.32. The van der Waals surface area contributed by atoms with E-state index in [0.717, 1.165) is 11.4 Å². The first kappa shape index (κ1) is 9.54. The van der Waals surface area contributed by atoms with Crippen LogP contribution in [0.1, 0.15) is 18.9 Å². The van der Waals surface area contributed by atoms with Gasteiger partial charge in [0.2, 0.25) is 0 Å². The van der Waals surface area contributed by atoms with Crippen molar-refractivity contribution in [2.45, 2.75) is 13.3 Å². The smallest absolute Gasteiger partial charge is 0.0412 e. The van der Waals surface area contributed by atoms with E-state index >= 15 is 0 Å². The van der Waals surface area contributed by atoms with E-state index < -0.39 is 0 Å². The molecule has 0 nitrogen and oxygen atoms in total. The number of rotatable bonds is 1. The van der Waals surface area contributed by atoms with Crippen LogP contribution in [-0.4, -0.2) is 0 Å². The molecule has 72 valence electrons. The van der Waals surface area contributed by atoms with Crippen LogP contribution >= 0.6 is 11.6 Å². The zero-order valence-electron chi connectivity index (χ0n) is 8.20. The Morgan fingerprint density at radius 1 is 1.36 bits per heavy atom. The van der Waals surface area contributed by atoms with E-state index in [1.54, 1.807) is 0 Å². The van der Waals surface area contributed by atoms with Gasteiger partial charge < -0.3 is 0 Å². The minimum Gasteiger partial charge on any atom is -0.0843 e. The van der Waals surface area contributed by atoms with Crippen molar-refractivity contribution in [1.82, 2.24) is 0 Å². The van der Waals surface area contributed by atoms with Crippen LogP contribution in [0.4, 0.5) is 0 Å². The molecule has 0 bridgehead atoms. The molecule has 14 heavy (non-hydrogen) atoms. The lowest BCUT2D eigenvalue weighted by Crippen LogP contribution is -1.94. The molecule has 0 saturated heterocycles. The Balaban J connectivity index is 2.31. The Kier molecular flexibility index (Phi) is 2.74. The topological polar surface area (TPSA) is 0 Å². The highest BCUT2D eigenvalue weighted by molar-refractivity contribution is 6.30. The molecule has 1 aromatic carbocycles. The van der Waals surface area contributed by atoms with Crippen molar-refractivity contribution >= 4 is 17.2 Å². The predicted molar refractivity (Wildman–Crippen MR) is 62.4 cm³/mol. The average molecular weight is 205 g/mol. The van der Waals surface area contributed by atoms with E-state index in [1.807, 2.05) is 18.2 Å².